The van der Waals surface area contributed by atoms with Crippen LogP contribution < -0.4 is 5.32 Å². The van der Waals surface area contributed by atoms with Crippen molar-refractivity contribution in [3.05, 3.63) is 34.2 Å². The van der Waals surface area contributed by atoms with Gasteiger partial charge in [0.25, 0.3) is 5.91 Å². The fraction of sp³-hybridized carbons (Fsp3) is 0.579. The molecule has 10 heteroatoms. The zero-order valence-electron chi connectivity index (χ0n) is 16.9. The van der Waals surface area contributed by atoms with Gasteiger partial charge in [-0.2, -0.15) is 0 Å². The number of H-pyrrole nitrogens is 1. The van der Waals surface area contributed by atoms with Gasteiger partial charge in [-0.25, -0.2) is 4.79 Å². The minimum absolute atomic E-state index is 0. The molecule has 0 unspecified atom stereocenters. The number of halogens is 1. The van der Waals surface area contributed by atoms with E-state index in [0.29, 0.717) is 41.5 Å². The molecule has 4 heterocycles. The molecular formula is C19H27ClN6O3. The van der Waals surface area contributed by atoms with E-state index < -0.39 is 5.97 Å². The maximum atomic E-state index is 13.0. The SMILES string of the molecule is COC(=O)c1c(C)[nH]c(C(=O)N2CCC(c3nnc4n3CCNC4)CC2)c1C.Cl. The Morgan fingerprint density at radius 2 is 1.86 bits per heavy atom. The summed E-state index contributed by atoms with van der Waals surface area (Å²) in [6.07, 6.45) is 1.72. The Morgan fingerprint density at radius 1 is 1.14 bits per heavy atom. The highest BCUT2D eigenvalue weighted by atomic mass is 35.5. The smallest absolute Gasteiger partial charge is 0.339 e. The molecule has 1 amide bonds. The highest BCUT2D eigenvalue weighted by molar-refractivity contribution is 6.00. The molecule has 2 aliphatic rings. The number of fused-ring (bicyclic) bond motifs is 1. The number of rotatable bonds is 3. The Bertz CT molecular complexity index is 913. The molecule has 1 saturated heterocycles. The van der Waals surface area contributed by atoms with Crippen LogP contribution in [-0.4, -0.2) is 63.3 Å². The normalized spacial score (nSPS) is 16.9. The van der Waals surface area contributed by atoms with Crippen LogP contribution in [0.25, 0.3) is 0 Å². The first-order chi connectivity index (χ1) is 13.5. The first-order valence-electron chi connectivity index (χ1n) is 9.70. The Kier molecular flexibility index (Phi) is 6.28. The van der Waals surface area contributed by atoms with Gasteiger partial charge in [0.2, 0.25) is 0 Å². The number of nitrogens with zero attached hydrogens (tertiary/aromatic N) is 4. The van der Waals surface area contributed by atoms with Gasteiger partial charge in [0.1, 0.15) is 17.3 Å². The molecule has 0 aromatic carbocycles. The summed E-state index contributed by atoms with van der Waals surface area (Å²) < 4.78 is 7.06. The lowest BCUT2D eigenvalue weighted by atomic mass is 9.95. The minimum Gasteiger partial charge on any atom is -0.465 e. The highest BCUT2D eigenvalue weighted by Crippen LogP contribution is 2.29. The molecule has 1 fully saturated rings. The zero-order chi connectivity index (χ0) is 19.8. The number of nitrogens with one attached hydrogen (secondary N) is 2. The van der Waals surface area contributed by atoms with Gasteiger partial charge >= 0.3 is 5.97 Å². The Morgan fingerprint density at radius 3 is 2.55 bits per heavy atom. The van der Waals surface area contributed by atoms with Gasteiger partial charge in [0.15, 0.2) is 0 Å². The fourth-order valence-corrected chi connectivity index (χ4v) is 4.29. The number of piperidine rings is 1. The van der Waals surface area contributed by atoms with Gasteiger partial charge in [-0.3, -0.25) is 4.79 Å². The van der Waals surface area contributed by atoms with E-state index in [1.807, 2.05) is 4.90 Å². The number of hydrogen-bond donors (Lipinski definition) is 2. The van der Waals surface area contributed by atoms with Crippen molar-refractivity contribution < 1.29 is 14.3 Å². The molecular weight excluding hydrogens is 396 g/mol. The Labute approximate surface area is 175 Å². The third-order valence-corrected chi connectivity index (χ3v) is 5.84. The van der Waals surface area contributed by atoms with Crippen LogP contribution in [-0.2, 0) is 17.8 Å². The van der Waals surface area contributed by atoms with E-state index in [2.05, 4.69) is 25.1 Å². The van der Waals surface area contributed by atoms with Gasteiger partial charge in [-0.15, -0.1) is 22.6 Å². The molecule has 158 valence electrons. The third kappa shape index (κ3) is 3.76. The van der Waals surface area contributed by atoms with Crippen molar-refractivity contribution in [1.29, 1.82) is 0 Å². The van der Waals surface area contributed by atoms with E-state index in [0.717, 1.165) is 44.1 Å². The highest BCUT2D eigenvalue weighted by Gasteiger charge is 2.31. The predicted molar refractivity (Wildman–Crippen MR) is 108 cm³/mol. The summed E-state index contributed by atoms with van der Waals surface area (Å²) in [6, 6.07) is 0. The lowest BCUT2D eigenvalue weighted by molar-refractivity contribution is 0.0599. The van der Waals surface area contributed by atoms with Crippen LogP contribution in [0.2, 0.25) is 0 Å². The molecule has 2 N–H and O–H groups in total. The van der Waals surface area contributed by atoms with E-state index in [-0.39, 0.29) is 18.3 Å². The first-order valence-corrected chi connectivity index (χ1v) is 9.70. The van der Waals surface area contributed by atoms with Crippen LogP contribution in [0.5, 0.6) is 0 Å². The van der Waals surface area contributed by atoms with Gasteiger partial charge < -0.3 is 24.5 Å². The zero-order valence-corrected chi connectivity index (χ0v) is 17.8. The molecule has 0 spiro atoms. The van der Waals surface area contributed by atoms with E-state index >= 15 is 0 Å². The number of esters is 1. The summed E-state index contributed by atoms with van der Waals surface area (Å²) in [6.45, 7) is 7.48. The van der Waals surface area contributed by atoms with Crippen LogP contribution in [0.15, 0.2) is 0 Å². The van der Waals surface area contributed by atoms with E-state index in [9.17, 15) is 9.59 Å². The molecule has 29 heavy (non-hydrogen) atoms. The monoisotopic (exact) mass is 422 g/mol. The first kappa shape index (κ1) is 21.3. The number of aryl methyl sites for hydroxylation is 1. The number of ether oxygens (including phenoxy) is 1. The van der Waals surface area contributed by atoms with Crippen molar-refractivity contribution in [3.63, 3.8) is 0 Å². The van der Waals surface area contributed by atoms with Crippen molar-refractivity contribution in [3.8, 4) is 0 Å². The number of methoxy groups -OCH3 is 1. The predicted octanol–water partition coefficient (Wildman–Crippen LogP) is 1.55. The molecule has 2 aromatic heterocycles. The number of aromatic nitrogens is 4. The van der Waals surface area contributed by atoms with E-state index in [4.69, 9.17) is 4.74 Å². The van der Waals surface area contributed by atoms with Gasteiger partial charge in [-0.1, -0.05) is 0 Å². The van der Waals surface area contributed by atoms with E-state index in [1.54, 1.807) is 13.8 Å². The molecule has 0 atom stereocenters. The van der Waals surface area contributed by atoms with Crippen LogP contribution in [0.1, 0.15) is 62.5 Å². The number of carbonyl (C=O) groups excluding carboxylic acids is 2. The lowest BCUT2D eigenvalue weighted by Crippen LogP contribution is -2.39. The second-order valence-electron chi connectivity index (χ2n) is 7.49. The van der Waals surface area contributed by atoms with Crippen molar-refractivity contribution in [2.75, 3.05) is 26.7 Å². The van der Waals surface area contributed by atoms with Gasteiger partial charge in [-0.05, 0) is 32.3 Å². The topological polar surface area (TPSA) is 105 Å². The number of amides is 1. The maximum absolute atomic E-state index is 13.0. The second kappa shape index (κ2) is 8.54. The number of carbonyl (C=O) groups is 2. The molecule has 4 rings (SSSR count). The summed E-state index contributed by atoms with van der Waals surface area (Å²) in [7, 11) is 1.35. The van der Waals surface area contributed by atoms with Crippen LogP contribution >= 0.6 is 12.4 Å². The Balaban J connectivity index is 0.00000240. The molecule has 2 aromatic rings. The molecule has 0 radical (unpaired) electrons. The van der Waals surface area contributed by atoms with Crippen LogP contribution in [0.4, 0.5) is 0 Å². The van der Waals surface area contributed by atoms with Crippen LogP contribution in [0, 0.1) is 13.8 Å². The molecule has 0 saturated carbocycles. The van der Waals surface area contributed by atoms with Crippen molar-refractivity contribution in [2.45, 2.75) is 45.7 Å². The molecule has 2 aliphatic heterocycles. The van der Waals surface area contributed by atoms with Crippen molar-refractivity contribution >= 4 is 24.3 Å². The summed E-state index contributed by atoms with van der Waals surface area (Å²) in [5, 5.41) is 12.0. The minimum atomic E-state index is -0.421. The van der Waals surface area contributed by atoms with Gasteiger partial charge in [0, 0.05) is 37.8 Å². The average molecular weight is 423 g/mol. The van der Waals surface area contributed by atoms with E-state index in [1.165, 1.54) is 7.11 Å². The summed E-state index contributed by atoms with van der Waals surface area (Å²) in [4.78, 5) is 29.9. The number of aromatic amines is 1. The lowest BCUT2D eigenvalue weighted by Gasteiger charge is -2.32. The second-order valence-corrected chi connectivity index (χ2v) is 7.49. The summed E-state index contributed by atoms with van der Waals surface area (Å²) >= 11 is 0. The quantitative estimate of drug-likeness (QED) is 0.727. The third-order valence-electron chi connectivity index (χ3n) is 5.84. The summed E-state index contributed by atoms with van der Waals surface area (Å²) in [5.41, 5.74) is 2.23. The largest absolute Gasteiger partial charge is 0.465 e. The number of likely N-dealkylation sites (tertiary alicyclic amines) is 1. The molecule has 0 bridgehead atoms. The van der Waals surface area contributed by atoms with Gasteiger partial charge in [0.05, 0.1) is 19.2 Å². The fourth-order valence-electron chi connectivity index (χ4n) is 4.29. The summed E-state index contributed by atoms with van der Waals surface area (Å²) in [5.74, 6) is 1.87. The van der Waals surface area contributed by atoms with Crippen molar-refractivity contribution in [2.24, 2.45) is 0 Å². The Hall–Kier alpha value is -2.39. The van der Waals surface area contributed by atoms with Crippen molar-refractivity contribution in [1.82, 2.24) is 30.0 Å². The van der Waals surface area contributed by atoms with Crippen LogP contribution in [0.3, 0.4) is 0 Å². The molecule has 9 nitrogen and oxygen atoms in total. The molecule has 0 aliphatic carbocycles. The number of hydrogen-bond acceptors (Lipinski definition) is 6. The average Bonchev–Trinajstić information content (AvgIpc) is 3.28. The maximum Gasteiger partial charge on any atom is 0.339 e. The standard InChI is InChI=1S/C19H26N6O3.ClH/c1-11-15(19(27)28-3)12(2)21-16(11)18(26)24-7-4-13(5-8-24)17-23-22-14-10-20-6-9-25(14)17;/h13,20-21H,4-10H2,1-3H3;1H.